The second kappa shape index (κ2) is 10.9. The molecule has 0 aromatic heterocycles. The molecule has 0 aliphatic carbocycles. The summed E-state index contributed by atoms with van der Waals surface area (Å²) < 4.78 is 11.4. The summed E-state index contributed by atoms with van der Waals surface area (Å²) in [6.45, 7) is 5.22. The van der Waals surface area contributed by atoms with E-state index in [4.69, 9.17) is 9.47 Å². The normalized spacial score (nSPS) is 10.7. The van der Waals surface area contributed by atoms with Gasteiger partial charge in [0.25, 0.3) is 0 Å². The van der Waals surface area contributed by atoms with Crippen molar-refractivity contribution < 1.29 is 19.4 Å². The molecular weight excluding hydrogens is 344 g/mol. The molecule has 0 saturated heterocycles. The van der Waals surface area contributed by atoms with E-state index in [0.717, 1.165) is 24.0 Å². The number of hydrazone groups is 1. The van der Waals surface area contributed by atoms with Crippen LogP contribution in [-0.2, 0) is 11.2 Å². The average molecular weight is 370 g/mol. The molecule has 2 rings (SSSR count). The van der Waals surface area contributed by atoms with E-state index >= 15 is 0 Å². The van der Waals surface area contributed by atoms with Crippen LogP contribution in [0.4, 0.5) is 0 Å². The minimum Gasteiger partial charge on any atom is -0.508 e. The monoisotopic (exact) mass is 370 g/mol. The van der Waals surface area contributed by atoms with Gasteiger partial charge in [0.05, 0.1) is 25.8 Å². The highest BCUT2D eigenvalue weighted by atomic mass is 16.5. The lowest BCUT2D eigenvalue weighted by atomic mass is 10.1. The Hall–Kier alpha value is -3.02. The zero-order valence-corrected chi connectivity index (χ0v) is 15.8. The first-order valence-electron chi connectivity index (χ1n) is 9.11. The van der Waals surface area contributed by atoms with Gasteiger partial charge in [-0.1, -0.05) is 25.5 Å². The van der Waals surface area contributed by atoms with Gasteiger partial charge >= 0.3 is 0 Å². The highest BCUT2D eigenvalue weighted by Gasteiger charge is 2.06. The fourth-order valence-electron chi connectivity index (χ4n) is 2.34. The summed E-state index contributed by atoms with van der Waals surface area (Å²) in [5.74, 6) is 1.30. The van der Waals surface area contributed by atoms with Crippen LogP contribution in [0.15, 0.2) is 47.6 Å². The van der Waals surface area contributed by atoms with Crippen LogP contribution >= 0.6 is 0 Å². The minimum atomic E-state index is -0.235. The van der Waals surface area contributed by atoms with E-state index in [1.165, 1.54) is 0 Å². The first kappa shape index (κ1) is 20.3. The van der Waals surface area contributed by atoms with E-state index in [0.29, 0.717) is 24.7 Å². The molecule has 0 saturated carbocycles. The molecule has 1 amide bonds. The molecule has 0 fully saturated rings. The number of benzene rings is 2. The van der Waals surface area contributed by atoms with Crippen molar-refractivity contribution in [1.29, 1.82) is 0 Å². The van der Waals surface area contributed by atoms with E-state index < -0.39 is 0 Å². The molecule has 2 N–H and O–H groups in total. The van der Waals surface area contributed by atoms with E-state index in [-0.39, 0.29) is 18.1 Å². The summed E-state index contributed by atoms with van der Waals surface area (Å²) in [5, 5.41) is 13.2. The summed E-state index contributed by atoms with van der Waals surface area (Å²) in [6, 6.07) is 12.0. The molecule has 0 unspecified atom stereocenters. The van der Waals surface area contributed by atoms with Crippen molar-refractivity contribution in [2.75, 3.05) is 13.2 Å². The minimum absolute atomic E-state index is 0.171. The zero-order chi connectivity index (χ0) is 19.5. The number of amides is 1. The highest BCUT2D eigenvalue weighted by Crippen LogP contribution is 2.28. The van der Waals surface area contributed by atoms with E-state index in [1.54, 1.807) is 30.5 Å². The largest absolute Gasteiger partial charge is 0.508 e. The van der Waals surface area contributed by atoms with Gasteiger partial charge in [-0.05, 0) is 54.8 Å². The van der Waals surface area contributed by atoms with Crippen molar-refractivity contribution in [2.24, 2.45) is 5.10 Å². The molecule has 6 nitrogen and oxygen atoms in total. The standard InChI is InChI=1S/C21H26N2O4/c1-3-5-12-27-19-11-8-17(13-20(19)26-4-2)15-22-23-21(25)14-16-6-9-18(24)10-7-16/h6-11,13,15,24H,3-5,12,14H2,1-2H3,(H,23,25)/b22-15-. The molecule has 0 bridgehead atoms. The molecule has 0 radical (unpaired) electrons. The van der Waals surface area contributed by atoms with Gasteiger partial charge in [-0.25, -0.2) is 5.43 Å². The average Bonchev–Trinajstić information content (AvgIpc) is 2.66. The van der Waals surface area contributed by atoms with Crippen molar-refractivity contribution in [3.63, 3.8) is 0 Å². The number of hydrogen-bond donors (Lipinski definition) is 2. The van der Waals surface area contributed by atoms with Gasteiger partial charge in [-0.3, -0.25) is 4.79 Å². The SMILES string of the molecule is CCCCOc1ccc(/C=N\NC(=O)Cc2ccc(O)cc2)cc1OCC. The molecule has 0 aliphatic rings. The van der Waals surface area contributed by atoms with Crippen LogP contribution in [0.25, 0.3) is 0 Å². The lowest BCUT2D eigenvalue weighted by Gasteiger charge is -2.12. The van der Waals surface area contributed by atoms with Gasteiger partial charge in [-0.2, -0.15) is 5.10 Å². The molecule has 0 heterocycles. The summed E-state index contributed by atoms with van der Waals surface area (Å²) in [5.41, 5.74) is 4.09. The number of carbonyl (C=O) groups excluding carboxylic acids is 1. The number of nitrogens with one attached hydrogen (secondary N) is 1. The van der Waals surface area contributed by atoms with Crippen LogP contribution < -0.4 is 14.9 Å². The molecule has 144 valence electrons. The predicted octanol–water partition coefficient (Wildman–Crippen LogP) is 3.66. The number of phenolic OH excluding ortho intramolecular Hbond substituents is 1. The van der Waals surface area contributed by atoms with Crippen LogP contribution in [0.5, 0.6) is 17.2 Å². The Labute approximate surface area is 159 Å². The Kier molecular flexibility index (Phi) is 8.16. The quantitative estimate of drug-likeness (QED) is 0.380. The molecule has 6 heteroatoms. The Morgan fingerprint density at radius 2 is 1.89 bits per heavy atom. The van der Waals surface area contributed by atoms with E-state index in [9.17, 15) is 9.90 Å². The summed E-state index contributed by atoms with van der Waals surface area (Å²) in [4.78, 5) is 11.9. The lowest BCUT2D eigenvalue weighted by molar-refractivity contribution is -0.120. The van der Waals surface area contributed by atoms with E-state index in [2.05, 4.69) is 17.5 Å². The maximum atomic E-state index is 11.9. The highest BCUT2D eigenvalue weighted by molar-refractivity contribution is 5.84. The first-order valence-corrected chi connectivity index (χ1v) is 9.11. The van der Waals surface area contributed by atoms with Gasteiger partial charge in [-0.15, -0.1) is 0 Å². The number of rotatable bonds is 10. The smallest absolute Gasteiger partial charge is 0.244 e. The van der Waals surface area contributed by atoms with Gasteiger partial charge in [0.2, 0.25) is 5.91 Å². The summed E-state index contributed by atoms with van der Waals surface area (Å²) in [7, 11) is 0. The fourth-order valence-corrected chi connectivity index (χ4v) is 2.34. The van der Waals surface area contributed by atoms with Crippen LogP contribution in [0.1, 0.15) is 37.8 Å². The third-order valence-corrected chi connectivity index (χ3v) is 3.73. The second-order valence-corrected chi connectivity index (χ2v) is 5.98. The van der Waals surface area contributed by atoms with Crippen molar-refractivity contribution in [1.82, 2.24) is 5.43 Å². The third kappa shape index (κ3) is 7.01. The Morgan fingerprint density at radius 1 is 1.11 bits per heavy atom. The van der Waals surface area contributed by atoms with Crippen molar-refractivity contribution >= 4 is 12.1 Å². The Bertz CT molecular complexity index is 757. The van der Waals surface area contributed by atoms with Crippen molar-refractivity contribution in [2.45, 2.75) is 33.1 Å². The van der Waals surface area contributed by atoms with Crippen LogP contribution in [0.3, 0.4) is 0 Å². The van der Waals surface area contributed by atoms with Crippen LogP contribution in [-0.4, -0.2) is 30.4 Å². The number of phenols is 1. The third-order valence-electron chi connectivity index (χ3n) is 3.73. The summed E-state index contributed by atoms with van der Waals surface area (Å²) in [6.07, 6.45) is 3.81. The van der Waals surface area contributed by atoms with Gasteiger partial charge in [0.15, 0.2) is 11.5 Å². The molecule has 2 aromatic rings. The number of carbonyl (C=O) groups is 1. The molecule has 2 aromatic carbocycles. The topological polar surface area (TPSA) is 80.2 Å². The molecule has 27 heavy (non-hydrogen) atoms. The van der Waals surface area contributed by atoms with Crippen LogP contribution in [0, 0.1) is 0 Å². The molecule has 0 atom stereocenters. The predicted molar refractivity (Wildman–Crippen MR) is 106 cm³/mol. The Balaban J connectivity index is 1.93. The van der Waals surface area contributed by atoms with E-state index in [1.807, 2.05) is 25.1 Å². The number of unbranched alkanes of at least 4 members (excludes halogenated alkanes) is 1. The van der Waals surface area contributed by atoms with Gasteiger partial charge in [0.1, 0.15) is 5.75 Å². The van der Waals surface area contributed by atoms with Crippen LogP contribution in [0.2, 0.25) is 0 Å². The van der Waals surface area contributed by atoms with Gasteiger partial charge in [0, 0.05) is 0 Å². The second-order valence-electron chi connectivity index (χ2n) is 5.98. The first-order chi connectivity index (χ1) is 13.1. The molecule has 0 spiro atoms. The zero-order valence-electron chi connectivity index (χ0n) is 15.8. The van der Waals surface area contributed by atoms with Crippen molar-refractivity contribution in [3.8, 4) is 17.2 Å². The van der Waals surface area contributed by atoms with Gasteiger partial charge < -0.3 is 14.6 Å². The molecular formula is C21H26N2O4. The Morgan fingerprint density at radius 3 is 2.59 bits per heavy atom. The fraction of sp³-hybridized carbons (Fsp3) is 0.333. The molecule has 0 aliphatic heterocycles. The number of hydrogen-bond acceptors (Lipinski definition) is 5. The lowest BCUT2D eigenvalue weighted by Crippen LogP contribution is -2.19. The number of nitrogens with zero attached hydrogens (tertiary/aromatic N) is 1. The maximum absolute atomic E-state index is 11.9. The number of ether oxygens (including phenoxy) is 2. The maximum Gasteiger partial charge on any atom is 0.244 e. The summed E-state index contributed by atoms with van der Waals surface area (Å²) >= 11 is 0. The van der Waals surface area contributed by atoms with Crippen molar-refractivity contribution in [3.05, 3.63) is 53.6 Å². The number of aromatic hydroxyl groups is 1.